The maximum Gasteiger partial charge on any atom is 0.209 e. The Morgan fingerprint density at radius 1 is 1.12 bits per heavy atom. The standard InChI is InChI=1S/C30H34F2N6O2S/c1-5-19-12-13-30(6-2,29-22(19)14-25(37-38(29)3)28-23(31)8-7-9-24(28)32)27-18-33-17-26(36-27)20-10-11-21(34-15-20)16-35-41(4,39)40/h7-11,14-15,17-19,35,37H,5-6,12-13,16H2,1-4H3/t19-,30+/m0/s1. The van der Waals surface area contributed by atoms with Gasteiger partial charge in [0, 0.05) is 30.7 Å². The third kappa shape index (κ3) is 5.60. The summed E-state index contributed by atoms with van der Waals surface area (Å²) >= 11 is 0. The van der Waals surface area contributed by atoms with Crippen LogP contribution in [0.4, 0.5) is 8.78 Å². The number of nitrogens with zero attached hydrogens (tertiary/aromatic N) is 4. The van der Waals surface area contributed by atoms with Crippen LogP contribution in [0.15, 0.2) is 66.3 Å². The number of likely N-dealkylation sites (N-methyl/N-ethyl adjacent to an activating group) is 1. The van der Waals surface area contributed by atoms with Gasteiger partial charge in [-0.25, -0.2) is 26.9 Å². The monoisotopic (exact) mass is 580 g/mol. The smallest absolute Gasteiger partial charge is 0.209 e. The zero-order valence-electron chi connectivity index (χ0n) is 23.6. The van der Waals surface area contributed by atoms with E-state index < -0.39 is 27.1 Å². The van der Waals surface area contributed by atoms with Crippen LogP contribution in [0.5, 0.6) is 0 Å². The maximum absolute atomic E-state index is 14.8. The summed E-state index contributed by atoms with van der Waals surface area (Å²) in [5.41, 5.74) is 7.98. The van der Waals surface area contributed by atoms with Crippen molar-refractivity contribution in [3.63, 3.8) is 0 Å². The van der Waals surface area contributed by atoms with Gasteiger partial charge in [0.1, 0.15) is 11.6 Å². The molecule has 2 aromatic heterocycles. The summed E-state index contributed by atoms with van der Waals surface area (Å²) in [5, 5.41) is 1.89. The second-order valence-electron chi connectivity index (χ2n) is 10.6. The highest BCUT2D eigenvalue weighted by molar-refractivity contribution is 7.88. The molecule has 8 nitrogen and oxygen atoms in total. The fourth-order valence-corrected chi connectivity index (χ4v) is 6.40. The highest BCUT2D eigenvalue weighted by atomic mass is 32.2. The van der Waals surface area contributed by atoms with Crippen molar-refractivity contribution in [1.29, 1.82) is 0 Å². The molecule has 0 fully saturated rings. The lowest BCUT2D eigenvalue weighted by atomic mass is 9.65. The van der Waals surface area contributed by atoms with Crippen LogP contribution in [0.2, 0.25) is 0 Å². The van der Waals surface area contributed by atoms with Crippen LogP contribution in [0.25, 0.3) is 17.0 Å². The summed E-state index contributed by atoms with van der Waals surface area (Å²) in [6, 6.07) is 7.51. The first-order valence-electron chi connectivity index (χ1n) is 13.7. The minimum atomic E-state index is -3.32. The molecular weight excluding hydrogens is 546 g/mol. The number of benzene rings is 1. The summed E-state index contributed by atoms with van der Waals surface area (Å²) in [4.78, 5) is 14.0. The molecule has 11 heteroatoms. The molecule has 2 N–H and O–H groups in total. The van der Waals surface area contributed by atoms with E-state index >= 15 is 0 Å². The number of sulfonamides is 1. The summed E-state index contributed by atoms with van der Waals surface area (Å²) in [7, 11) is -1.44. The number of pyridine rings is 1. The SMILES string of the molecule is CC[C@H]1CC[C@](CC)(c2cncc(-c3ccc(CNS(C)(=O)=O)nc3)n2)C2=C1C=C(c1c(F)cccc1F)NN2C. The van der Waals surface area contributed by atoms with E-state index in [4.69, 9.17) is 4.98 Å². The molecule has 0 bridgehead atoms. The van der Waals surface area contributed by atoms with Crippen molar-refractivity contribution >= 4 is 15.7 Å². The van der Waals surface area contributed by atoms with Gasteiger partial charge in [-0.05, 0) is 67.5 Å². The van der Waals surface area contributed by atoms with Gasteiger partial charge in [0.2, 0.25) is 10.0 Å². The van der Waals surface area contributed by atoms with Crippen molar-refractivity contribution in [3.8, 4) is 11.3 Å². The van der Waals surface area contributed by atoms with E-state index in [9.17, 15) is 17.2 Å². The summed E-state index contributed by atoms with van der Waals surface area (Å²) in [6.45, 7) is 4.36. The third-order valence-corrected chi connectivity index (χ3v) is 8.77. The second-order valence-corrected chi connectivity index (χ2v) is 12.5. The number of hydrogen-bond acceptors (Lipinski definition) is 7. The van der Waals surface area contributed by atoms with E-state index in [1.807, 2.05) is 24.2 Å². The van der Waals surface area contributed by atoms with Gasteiger partial charge in [-0.2, -0.15) is 0 Å². The Balaban J connectivity index is 1.57. The molecule has 2 atom stereocenters. The van der Waals surface area contributed by atoms with E-state index in [0.717, 1.165) is 54.5 Å². The highest BCUT2D eigenvalue weighted by Gasteiger charge is 2.46. The Morgan fingerprint density at radius 2 is 1.88 bits per heavy atom. The van der Waals surface area contributed by atoms with Gasteiger partial charge < -0.3 is 0 Å². The predicted molar refractivity (Wildman–Crippen MR) is 154 cm³/mol. The number of nitrogens with one attached hydrogen (secondary N) is 2. The van der Waals surface area contributed by atoms with Crippen LogP contribution in [-0.2, 0) is 22.0 Å². The van der Waals surface area contributed by atoms with Crippen LogP contribution in [0, 0.1) is 17.6 Å². The van der Waals surface area contributed by atoms with Crippen molar-refractivity contribution in [2.24, 2.45) is 5.92 Å². The van der Waals surface area contributed by atoms with Crippen molar-refractivity contribution in [2.75, 3.05) is 13.3 Å². The molecule has 2 aliphatic rings. The highest BCUT2D eigenvalue weighted by Crippen LogP contribution is 2.51. The molecule has 1 aliphatic carbocycles. The lowest BCUT2D eigenvalue weighted by Gasteiger charge is -2.48. The normalized spacial score (nSPS) is 20.9. The largest absolute Gasteiger partial charge is 0.298 e. The lowest BCUT2D eigenvalue weighted by Crippen LogP contribution is -2.48. The Bertz CT molecular complexity index is 1600. The quantitative estimate of drug-likeness (QED) is 0.383. The van der Waals surface area contributed by atoms with Gasteiger partial charge in [-0.15, -0.1) is 0 Å². The fraction of sp³-hybridized carbons (Fsp3) is 0.367. The Labute approximate surface area is 239 Å². The van der Waals surface area contributed by atoms with Crippen molar-refractivity contribution in [3.05, 3.63) is 94.9 Å². The van der Waals surface area contributed by atoms with Gasteiger partial charge in [-0.1, -0.05) is 19.9 Å². The van der Waals surface area contributed by atoms with Crippen LogP contribution >= 0.6 is 0 Å². The zero-order valence-corrected chi connectivity index (χ0v) is 24.4. The molecule has 0 saturated carbocycles. The van der Waals surface area contributed by atoms with E-state index in [1.165, 1.54) is 18.2 Å². The van der Waals surface area contributed by atoms with E-state index in [0.29, 0.717) is 17.1 Å². The van der Waals surface area contributed by atoms with E-state index in [-0.39, 0.29) is 18.0 Å². The number of hydrazine groups is 1. The number of aromatic nitrogens is 3. The molecule has 1 aliphatic heterocycles. The average molecular weight is 581 g/mol. The molecule has 0 amide bonds. The van der Waals surface area contributed by atoms with Crippen molar-refractivity contribution < 1.29 is 17.2 Å². The first-order valence-corrected chi connectivity index (χ1v) is 15.6. The van der Waals surface area contributed by atoms with Gasteiger partial charge in [0.05, 0.1) is 52.8 Å². The number of rotatable bonds is 8. The van der Waals surface area contributed by atoms with E-state index in [2.05, 4.69) is 34.0 Å². The van der Waals surface area contributed by atoms with Gasteiger partial charge in [-0.3, -0.25) is 20.4 Å². The van der Waals surface area contributed by atoms with Crippen LogP contribution in [-0.4, -0.2) is 41.7 Å². The number of halogens is 2. The van der Waals surface area contributed by atoms with E-state index in [1.54, 1.807) is 24.7 Å². The third-order valence-electron chi connectivity index (χ3n) is 8.10. The van der Waals surface area contributed by atoms with Crippen LogP contribution < -0.4 is 10.1 Å². The zero-order chi connectivity index (χ0) is 29.4. The number of allylic oxidation sites excluding steroid dienone is 3. The van der Waals surface area contributed by atoms with Gasteiger partial charge >= 0.3 is 0 Å². The van der Waals surface area contributed by atoms with Gasteiger partial charge in [0.15, 0.2) is 0 Å². The Hall–Kier alpha value is -3.70. The molecule has 0 unspecified atom stereocenters. The van der Waals surface area contributed by atoms with Crippen molar-refractivity contribution in [2.45, 2.75) is 51.5 Å². The lowest BCUT2D eigenvalue weighted by molar-refractivity contribution is 0.222. The summed E-state index contributed by atoms with van der Waals surface area (Å²) in [6.07, 6.45) is 11.5. The second kappa shape index (κ2) is 11.3. The minimum Gasteiger partial charge on any atom is -0.298 e. The van der Waals surface area contributed by atoms with Crippen LogP contribution in [0.1, 0.15) is 56.5 Å². The average Bonchev–Trinajstić information content (AvgIpc) is 2.95. The summed E-state index contributed by atoms with van der Waals surface area (Å²) in [5.74, 6) is -0.998. The molecule has 0 spiro atoms. The first kappa shape index (κ1) is 28.8. The molecule has 41 heavy (non-hydrogen) atoms. The molecule has 1 aromatic carbocycles. The maximum atomic E-state index is 14.8. The summed E-state index contributed by atoms with van der Waals surface area (Å²) < 4.78 is 54.8. The Morgan fingerprint density at radius 3 is 2.51 bits per heavy atom. The molecule has 5 rings (SSSR count). The Kier molecular flexibility index (Phi) is 7.93. The molecule has 3 aromatic rings. The topological polar surface area (TPSA) is 100 Å². The van der Waals surface area contributed by atoms with Gasteiger partial charge in [0.25, 0.3) is 0 Å². The predicted octanol–water partition coefficient (Wildman–Crippen LogP) is 5.08. The molecule has 3 heterocycles. The minimum absolute atomic E-state index is 0.0714. The van der Waals surface area contributed by atoms with Crippen molar-refractivity contribution in [1.82, 2.24) is 30.1 Å². The molecule has 0 radical (unpaired) electrons. The molecule has 216 valence electrons. The molecular formula is C30H34F2N6O2S. The number of hydrogen-bond donors (Lipinski definition) is 2. The fourth-order valence-electron chi connectivity index (χ4n) is 5.99. The van der Waals surface area contributed by atoms with Crippen LogP contribution in [0.3, 0.4) is 0 Å². The molecule has 0 saturated heterocycles. The first-order chi connectivity index (χ1) is 19.6.